The Kier molecular flexibility index (Phi) is 6.85. The molecule has 2 rings (SSSR count). The average molecular weight is 369 g/mol. The van der Waals surface area contributed by atoms with E-state index in [0.717, 1.165) is 23.3 Å². The third-order valence-corrected chi connectivity index (χ3v) is 4.44. The van der Waals surface area contributed by atoms with Crippen molar-refractivity contribution in [1.82, 2.24) is 5.32 Å². The highest BCUT2D eigenvalue weighted by atomic mass is 35.5. The molecule has 0 spiro atoms. The second-order valence-electron chi connectivity index (χ2n) is 6.20. The molecule has 2 aromatic rings. The zero-order valence-electron chi connectivity index (χ0n) is 14.9. The summed E-state index contributed by atoms with van der Waals surface area (Å²) in [5, 5.41) is 4.04. The molecule has 25 heavy (non-hydrogen) atoms. The highest BCUT2D eigenvalue weighted by Gasteiger charge is 2.19. The molecule has 0 heterocycles. The van der Waals surface area contributed by atoms with E-state index in [9.17, 15) is 4.79 Å². The van der Waals surface area contributed by atoms with Crippen LogP contribution in [0.2, 0.25) is 5.02 Å². The molecule has 0 aliphatic rings. The standard InChI is InChI=1S/C20H25ClN2O2.4H2/c1-4-18(23-13(2)12-19(22)24)16-10-11-17(21)20(14(16)3)25-15-8-6-5-7-9-15;;;;/h5-11,13,18,23H,4,12H2,1-3H3,(H2,22,24);4*1H/t13-,18+;;;;/m0..../s1. The third-order valence-electron chi connectivity index (χ3n) is 4.14. The summed E-state index contributed by atoms with van der Waals surface area (Å²) in [4.78, 5) is 11.1. The van der Waals surface area contributed by atoms with Crippen LogP contribution in [-0.2, 0) is 4.79 Å². The van der Waals surface area contributed by atoms with Crippen LogP contribution in [0.25, 0.3) is 0 Å². The molecule has 0 aromatic heterocycles. The molecule has 5 heteroatoms. The predicted octanol–water partition coefficient (Wildman–Crippen LogP) is 5.73. The van der Waals surface area contributed by atoms with E-state index in [0.29, 0.717) is 17.2 Å². The van der Waals surface area contributed by atoms with Gasteiger partial charge in [-0.25, -0.2) is 0 Å². The summed E-state index contributed by atoms with van der Waals surface area (Å²) in [5.41, 5.74) is 7.39. The summed E-state index contributed by atoms with van der Waals surface area (Å²) in [7, 11) is 0. The van der Waals surface area contributed by atoms with Crippen LogP contribution in [-0.4, -0.2) is 11.9 Å². The van der Waals surface area contributed by atoms with Gasteiger partial charge in [-0.15, -0.1) is 0 Å². The van der Waals surface area contributed by atoms with Crippen LogP contribution in [0.1, 0.15) is 49.6 Å². The monoisotopic (exact) mass is 368 g/mol. The number of hydrogen-bond donors (Lipinski definition) is 2. The van der Waals surface area contributed by atoms with E-state index >= 15 is 0 Å². The smallest absolute Gasteiger partial charge is 0.218 e. The molecule has 0 aliphatic heterocycles. The molecule has 0 aliphatic carbocycles. The van der Waals surface area contributed by atoms with Crippen molar-refractivity contribution in [2.24, 2.45) is 5.73 Å². The molecule has 4 nitrogen and oxygen atoms in total. The molecule has 1 amide bonds. The maximum atomic E-state index is 11.1. The van der Waals surface area contributed by atoms with Gasteiger partial charge >= 0.3 is 0 Å². The Hall–Kier alpha value is -2.04. The van der Waals surface area contributed by atoms with E-state index in [4.69, 9.17) is 22.1 Å². The van der Waals surface area contributed by atoms with Crippen molar-refractivity contribution >= 4 is 17.5 Å². The fraction of sp³-hybridized carbons (Fsp3) is 0.350. The van der Waals surface area contributed by atoms with Crippen molar-refractivity contribution in [2.45, 2.75) is 45.7 Å². The summed E-state index contributed by atoms with van der Waals surface area (Å²) < 4.78 is 6.01. The number of nitrogens with two attached hydrogens (primary N) is 1. The van der Waals surface area contributed by atoms with E-state index in [-0.39, 0.29) is 23.7 Å². The first-order valence-electron chi connectivity index (χ1n) is 8.48. The molecular weight excluding hydrogens is 336 g/mol. The minimum atomic E-state index is -0.309. The Labute approximate surface area is 160 Å². The molecule has 3 N–H and O–H groups in total. The zero-order chi connectivity index (χ0) is 18.4. The van der Waals surface area contributed by atoms with Crippen LogP contribution in [0, 0.1) is 6.92 Å². The lowest BCUT2D eigenvalue weighted by molar-refractivity contribution is -0.118. The van der Waals surface area contributed by atoms with Gasteiger partial charge in [-0.1, -0.05) is 42.8 Å². The van der Waals surface area contributed by atoms with E-state index in [1.165, 1.54) is 0 Å². The number of carbonyl (C=O) groups is 1. The quantitative estimate of drug-likeness (QED) is 0.625. The number of primary amides is 1. The van der Waals surface area contributed by atoms with Crippen LogP contribution in [0.5, 0.6) is 11.5 Å². The van der Waals surface area contributed by atoms with Gasteiger partial charge < -0.3 is 15.8 Å². The van der Waals surface area contributed by atoms with Crippen molar-refractivity contribution in [3.05, 3.63) is 58.6 Å². The maximum Gasteiger partial charge on any atom is 0.218 e. The first-order valence-corrected chi connectivity index (χ1v) is 8.86. The lowest BCUT2D eigenvalue weighted by atomic mass is 9.97. The van der Waals surface area contributed by atoms with Gasteiger partial charge in [-0.3, -0.25) is 4.79 Å². The van der Waals surface area contributed by atoms with Gasteiger partial charge in [-0.2, -0.15) is 0 Å². The molecule has 0 saturated heterocycles. The summed E-state index contributed by atoms with van der Waals surface area (Å²) in [5.74, 6) is 1.09. The molecule has 0 fully saturated rings. The molecular formula is C20H33ClN2O2. The molecule has 142 valence electrons. The Bertz CT molecular complexity index is 736. The van der Waals surface area contributed by atoms with Gasteiger partial charge in [0.2, 0.25) is 5.91 Å². The lowest BCUT2D eigenvalue weighted by Gasteiger charge is -2.25. The first-order chi connectivity index (χ1) is 11.9. The van der Waals surface area contributed by atoms with Gasteiger partial charge in [0.15, 0.2) is 0 Å². The topological polar surface area (TPSA) is 64.3 Å². The van der Waals surface area contributed by atoms with E-state index in [2.05, 4.69) is 12.2 Å². The second-order valence-corrected chi connectivity index (χ2v) is 6.61. The van der Waals surface area contributed by atoms with Crippen molar-refractivity contribution in [2.75, 3.05) is 0 Å². The SMILES string of the molecule is CC[C@@H](N[C@@H](C)CC(N)=O)c1ccc(Cl)c(Oc2ccccc2)c1C.[HH].[HH].[HH].[HH]. The maximum absolute atomic E-state index is 11.1. The molecule has 0 saturated carbocycles. The molecule has 0 radical (unpaired) electrons. The summed E-state index contributed by atoms with van der Waals surface area (Å²) in [6.07, 6.45) is 1.17. The number of benzene rings is 2. The minimum absolute atomic E-state index is 0. The van der Waals surface area contributed by atoms with Crippen molar-refractivity contribution in [3.63, 3.8) is 0 Å². The summed E-state index contributed by atoms with van der Waals surface area (Å²) in [6, 6.07) is 13.5. The molecule has 2 atom stereocenters. The van der Waals surface area contributed by atoms with E-state index in [1.807, 2.05) is 56.3 Å². The van der Waals surface area contributed by atoms with Gasteiger partial charge in [0.25, 0.3) is 0 Å². The number of carbonyl (C=O) groups excluding carboxylic acids is 1. The third kappa shape index (κ3) is 5.21. The number of nitrogens with one attached hydrogen (secondary N) is 1. The Morgan fingerprint density at radius 2 is 1.96 bits per heavy atom. The van der Waals surface area contributed by atoms with Crippen molar-refractivity contribution in [3.8, 4) is 11.5 Å². The minimum Gasteiger partial charge on any atom is -0.456 e. The molecule has 0 bridgehead atoms. The highest BCUT2D eigenvalue weighted by molar-refractivity contribution is 6.32. The zero-order valence-corrected chi connectivity index (χ0v) is 15.6. The average Bonchev–Trinajstić information content (AvgIpc) is 2.57. The van der Waals surface area contributed by atoms with Crippen LogP contribution < -0.4 is 15.8 Å². The Balaban J connectivity index is -0.00000169. The number of amides is 1. The van der Waals surface area contributed by atoms with Crippen LogP contribution >= 0.6 is 11.6 Å². The largest absolute Gasteiger partial charge is 0.456 e. The van der Waals surface area contributed by atoms with Gasteiger partial charge in [0.1, 0.15) is 11.5 Å². The van der Waals surface area contributed by atoms with Gasteiger partial charge in [-0.05, 0) is 49.6 Å². The molecule has 2 aromatic carbocycles. The van der Waals surface area contributed by atoms with Crippen LogP contribution in [0.3, 0.4) is 0 Å². The fourth-order valence-electron chi connectivity index (χ4n) is 2.91. The fourth-order valence-corrected chi connectivity index (χ4v) is 3.16. The summed E-state index contributed by atoms with van der Waals surface area (Å²) >= 11 is 6.37. The Morgan fingerprint density at radius 3 is 2.56 bits per heavy atom. The number of para-hydroxylation sites is 1. The normalized spacial score (nSPS) is 13.3. The van der Waals surface area contributed by atoms with E-state index in [1.54, 1.807) is 0 Å². The lowest BCUT2D eigenvalue weighted by Crippen LogP contribution is -2.34. The van der Waals surface area contributed by atoms with Gasteiger partial charge in [0.05, 0.1) is 5.02 Å². The summed E-state index contributed by atoms with van der Waals surface area (Å²) in [6.45, 7) is 6.06. The highest BCUT2D eigenvalue weighted by Crippen LogP contribution is 2.37. The first kappa shape index (κ1) is 19.3. The van der Waals surface area contributed by atoms with Gasteiger partial charge in [0, 0.05) is 24.2 Å². The van der Waals surface area contributed by atoms with Crippen molar-refractivity contribution < 1.29 is 15.2 Å². The van der Waals surface area contributed by atoms with Crippen molar-refractivity contribution in [1.29, 1.82) is 0 Å². The number of halogens is 1. The number of hydrogen-bond acceptors (Lipinski definition) is 3. The number of ether oxygens (including phenoxy) is 1. The Morgan fingerprint density at radius 1 is 1.28 bits per heavy atom. The van der Waals surface area contributed by atoms with Crippen LogP contribution in [0.15, 0.2) is 42.5 Å². The van der Waals surface area contributed by atoms with Crippen LogP contribution in [0.4, 0.5) is 0 Å². The number of rotatable bonds is 8. The molecule has 0 unspecified atom stereocenters. The van der Waals surface area contributed by atoms with E-state index < -0.39 is 0 Å². The predicted molar refractivity (Wildman–Crippen MR) is 111 cm³/mol. The second kappa shape index (κ2) is 8.88.